The summed E-state index contributed by atoms with van der Waals surface area (Å²) < 4.78 is 0. The molecule has 0 aromatic carbocycles. The number of imidazole rings is 1. The van der Waals surface area contributed by atoms with Crippen molar-refractivity contribution in [3.8, 4) is 0 Å². The number of likely N-dealkylation sites (tertiary alicyclic amines) is 1. The average molecular weight is 312 g/mol. The van der Waals surface area contributed by atoms with Crippen LogP contribution in [-0.2, 0) is 0 Å². The zero-order chi connectivity index (χ0) is 15.2. The summed E-state index contributed by atoms with van der Waals surface area (Å²) in [5, 5.41) is 0. The smallest absolute Gasteiger partial charge is 0.182 e. The van der Waals surface area contributed by atoms with Crippen LogP contribution in [0.25, 0.3) is 11.2 Å². The Kier molecular flexibility index (Phi) is 3.25. The van der Waals surface area contributed by atoms with Crippen LogP contribution in [0.4, 0.5) is 5.82 Å². The third kappa shape index (κ3) is 2.49. The standard InChI is InChI=1S/C17H24N6/c1-2-6-22(7-12-4-5-12)14-9-23(8-13(14)3-1)17-15-16(19-10-18-15)20-11-21-17/h10-14H,1-9H2,(H,18,19,20,21)/t13-,14+/m0/s1. The van der Waals surface area contributed by atoms with E-state index in [9.17, 15) is 0 Å². The molecular weight excluding hydrogens is 288 g/mol. The molecular formula is C17H24N6. The Balaban J connectivity index is 1.42. The maximum Gasteiger partial charge on any atom is 0.182 e. The number of aromatic amines is 1. The van der Waals surface area contributed by atoms with E-state index >= 15 is 0 Å². The zero-order valence-corrected chi connectivity index (χ0v) is 13.5. The number of anilines is 1. The Labute approximate surface area is 136 Å². The van der Waals surface area contributed by atoms with Crippen molar-refractivity contribution in [1.29, 1.82) is 0 Å². The summed E-state index contributed by atoms with van der Waals surface area (Å²) in [7, 11) is 0. The number of hydrogen-bond acceptors (Lipinski definition) is 5. The van der Waals surface area contributed by atoms with Gasteiger partial charge in [-0.05, 0) is 44.1 Å². The predicted octanol–water partition coefficient (Wildman–Crippen LogP) is 2.05. The molecule has 0 bridgehead atoms. The average Bonchev–Trinajstić information content (AvgIpc) is 3.14. The fourth-order valence-corrected chi connectivity index (χ4v) is 4.46. The third-order valence-corrected chi connectivity index (χ3v) is 5.84. The number of hydrogen-bond donors (Lipinski definition) is 1. The fourth-order valence-electron chi connectivity index (χ4n) is 4.46. The highest BCUT2D eigenvalue weighted by molar-refractivity contribution is 5.82. The van der Waals surface area contributed by atoms with Crippen molar-refractivity contribution in [3.05, 3.63) is 12.7 Å². The van der Waals surface area contributed by atoms with Gasteiger partial charge >= 0.3 is 0 Å². The summed E-state index contributed by atoms with van der Waals surface area (Å²) in [6.45, 7) is 4.83. The van der Waals surface area contributed by atoms with Crippen molar-refractivity contribution >= 4 is 17.0 Å². The van der Waals surface area contributed by atoms with Crippen LogP contribution in [0, 0.1) is 11.8 Å². The molecule has 2 saturated heterocycles. The fraction of sp³-hybridized carbons (Fsp3) is 0.706. The van der Waals surface area contributed by atoms with Gasteiger partial charge in [-0.1, -0.05) is 6.42 Å². The SMILES string of the molecule is c1nc(N2C[C@@H]3CCCCN(CC4CC4)[C@@H]3C2)c2[nH]cnc2n1. The summed E-state index contributed by atoms with van der Waals surface area (Å²) >= 11 is 0. The van der Waals surface area contributed by atoms with Gasteiger partial charge in [-0.2, -0.15) is 0 Å². The van der Waals surface area contributed by atoms with Gasteiger partial charge in [0.1, 0.15) is 11.8 Å². The molecule has 122 valence electrons. The van der Waals surface area contributed by atoms with Gasteiger partial charge in [-0.25, -0.2) is 15.0 Å². The third-order valence-electron chi connectivity index (χ3n) is 5.84. The van der Waals surface area contributed by atoms with Crippen LogP contribution < -0.4 is 4.90 Å². The van der Waals surface area contributed by atoms with Crippen LogP contribution in [0.1, 0.15) is 32.1 Å². The molecule has 0 unspecified atom stereocenters. The van der Waals surface area contributed by atoms with Crippen molar-refractivity contribution in [2.75, 3.05) is 31.1 Å². The molecule has 3 aliphatic rings. The number of H-pyrrole nitrogens is 1. The molecule has 2 aromatic heterocycles. The van der Waals surface area contributed by atoms with Crippen molar-refractivity contribution < 1.29 is 0 Å². The van der Waals surface area contributed by atoms with Crippen LogP contribution in [0.5, 0.6) is 0 Å². The van der Waals surface area contributed by atoms with E-state index in [4.69, 9.17) is 0 Å². The number of fused-ring (bicyclic) bond motifs is 2. The second-order valence-electron chi connectivity index (χ2n) is 7.46. The molecule has 2 aliphatic heterocycles. The molecule has 0 radical (unpaired) electrons. The van der Waals surface area contributed by atoms with Crippen molar-refractivity contribution in [3.63, 3.8) is 0 Å². The van der Waals surface area contributed by atoms with E-state index in [2.05, 4.69) is 29.7 Å². The van der Waals surface area contributed by atoms with Crippen molar-refractivity contribution in [1.82, 2.24) is 24.8 Å². The molecule has 2 atom stereocenters. The van der Waals surface area contributed by atoms with Crippen LogP contribution in [0.3, 0.4) is 0 Å². The minimum atomic E-state index is 0.700. The Hall–Kier alpha value is -1.69. The monoisotopic (exact) mass is 312 g/mol. The molecule has 1 saturated carbocycles. The van der Waals surface area contributed by atoms with Crippen LogP contribution in [0.2, 0.25) is 0 Å². The van der Waals surface area contributed by atoms with Gasteiger partial charge in [0.2, 0.25) is 0 Å². The summed E-state index contributed by atoms with van der Waals surface area (Å²) in [4.78, 5) is 21.6. The van der Waals surface area contributed by atoms with E-state index in [1.165, 1.54) is 45.2 Å². The predicted molar refractivity (Wildman–Crippen MR) is 89.3 cm³/mol. The topological polar surface area (TPSA) is 60.9 Å². The lowest BCUT2D eigenvalue weighted by Gasteiger charge is -2.30. The van der Waals surface area contributed by atoms with Gasteiger partial charge in [0.15, 0.2) is 11.5 Å². The Morgan fingerprint density at radius 3 is 2.96 bits per heavy atom. The molecule has 2 aromatic rings. The molecule has 6 heteroatoms. The maximum absolute atomic E-state index is 4.57. The first-order chi connectivity index (χ1) is 11.4. The molecule has 1 aliphatic carbocycles. The van der Waals surface area contributed by atoms with Gasteiger partial charge in [0.25, 0.3) is 0 Å². The van der Waals surface area contributed by atoms with Gasteiger partial charge in [0, 0.05) is 25.7 Å². The highest BCUT2D eigenvalue weighted by Gasteiger charge is 2.40. The molecule has 0 amide bonds. The van der Waals surface area contributed by atoms with E-state index in [1.54, 1.807) is 12.7 Å². The largest absolute Gasteiger partial charge is 0.353 e. The number of aromatic nitrogens is 4. The molecule has 6 nitrogen and oxygen atoms in total. The van der Waals surface area contributed by atoms with Crippen molar-refractivity contribution in [2.24, 2.45) is 11.8 Å². The molecule has 23 heavy (non-hydrogen) atoms. The lowest BCUT2D eigenvalue weighted by molar-refractivity contribution is 0.180. The highest BCUT2D eigenvalue weighted by Crippen LogP contribution is 2.37. The minimum Gasteiger partial charge on any atom is -0.353 e. The second kappa shape index (κ2) is 5.44. The number of nitrogens with one attached hydrogen (secondary N) is 1. The first-order valence-electron chi connectivity index (χ1n) is 9.01. The first kappa shape index (κ1) is 13.7. The van der Waals surface area contributed by atoms with E-state index in [0.717, 1.165) is 41.9 Å². The molecule has 5 rings (SSSR count). The Bertz CT molecular complexity index is 693. The van der Waals surface area contributed by atoms with Gasteiger partial charge in [-0.3, -0.25) is 4.90 Å². The Morgan fingerprint density at radius 1 is 1.09 bits per heavy atom. The summed E-state index contributed by atoms with van der Waals surface area (Å²) in [6, 6.07) is 0.700. The van der Waals surface area contributed by atoms with Gasteiger partial charge in [0.05, 0.1) is 6.33 Å². The quantitative estimate of drug-likeness (QED) is 0.940. The lowest BCUT2D eigenvalue weighted by atomic mass is 9.98. The summed E-state index contributed by atoms with van der Waals surface area (Å²) in [6.07, 6.45) is 10.4. The van der Waals surface area contributed by atoms with E-state index < -0.39 is 0 Å². The highest BCUT2D eigenvalue weighted by atomic mass is 15.3. The van der Waals surface area contributed by atoms with E-state index in [1.807, 2.05) is 0 Å². The normalized spacial score (nSPS) is 29.0. The van der Waals surface area contributed by atoms with Crippen molar-refractivity contribution in [2.45, 2.75) is 38.1 Å². The number of rotatable bonds is 3. The first-order valence-corrected chi connectivity index (χ1v) is 9.01. The lowest BCUT2D eigenvalue weighted by Crippen LogP contribution is -2.41. The maximum atomic E-state index is 4.57. The zero-order valence-electron chi connectivity index (χ0n) is 13.5. The van der Waals surface area contributed by atoms with Gasteiger partial charge < -0.3 is 9.88 Å². The Morgan fingerprint density at radius 2 is 2.04 bits per heavy atom. The van der Waals surface area contributed by atoms with Crippen LogP contribution >= 0.6 is 0 Å². The van der Waals surface area contributed by atoms with Crippen LogP contribution in [0.15, 0.2) is 12.7 Å². The summed E-state index contributed by atoms with van der Waals surface area (Å²) in [5.74, 6) is 2.79. The van der Waals surface area contributed by atoms with Crippen LogP contribution in [-0.4, -0.2) is 57.1 Å². The van der Waals surface area contributed by atoms with E-state index in [0.29, 0.717) is 6.04 Å². The molecule has 0 spiro atoms. The molecule has 1 N–H and O–H groups in total. The molecule has 3 fully saturated rings. The molecule has 4 heterocycles. The number of nitrogens with zero attached hydrogens (tertiary/aromatic N) is 5. The van der Waals surface area contributed by atoms with E-state index in [-0.39, 0.29) is 0 Å². The second-order valence-corrected chi connectivity index (χ2v) is 7.46. The minimum absolute atomic E-state index is 0.700. The van der Waals surface area contributed by atoms with Gasteiger partial charge in [-0.15, -0.1) is 0 Å². The summed E-state index contributed by atoms with van der Waals surface area (Å²) in [5.41, 5.74) is 1.76.